The van der Waals surface area contributed by atoms with Crippen molar-refractivity contribution in [2.45, 2.75) is 38.1 Å². The molecule has 2 nitrogen and oxygen atoms in total. The van der Waals surface area contributed by atoms with E-state index in [1.165, 1.54) is 49.4 Å². The van der Waals surface area contributed by atoms with Gasteiger partial charge in [0.05, 0.1) is 11.7 Å². The highest BCUT2D eigenvalue weighted by Gasteiger charge is 2.24. The molecule has 3 heteroatoms. The van der Waals surface area contributed by atoms with Crippen molar-refractivity contribution in [1.29, 1.82) is 0 Å². The number of hydrogen-bond acceptors (Lipinski definition) is 3. The topological polar surface area (TPSA) is 24.9 Å². The lowest BCUT2D eigenvalue weighted by Gasteiger charge is -2.25. The van der Waals surface area contributed by atoms with E-state index in [-0.39, 0.29) is 0 Å². The Morgan fingerprint density at radius 2 is 2.15 bits per heavy atom. The molecule has 1 saturated heterocycles. The Morgan fingerprint density at radius 3 is 2.85 bits per heavy atom. The van der Waals surface area contributed by atoms with Gasteiger partial charge in [-0.3, -0.25) is 0 Å². The number of aryl methyl sites for hydroxylation is 2. The smallest absolute Gasteiger partial charge is 0.110 e. The summed E-state index contributed by atoms with van der Waals surface area (Å²) < 4.78 is 0. The van der Waals surface area contributed by atoms with Crippen molar-refractivity contribution in [3.05, 3.63) is 15.6 Å². The van der Waals surface area contributed by atoms with E-state index in [1.807, 2.05) is 11.3 Å². The molecule has 0 spiro atoms. The van der Waals surface area contributed by atoms with Gasteiger partial charge in [0, 0.05) is 4.88 Å². The molecule has 1 aliphatic carbocycles. The molecule has 0 saturated carbocycles. The van der Waals surface area contributed by atoms with Gasteiger partial charge in [0.1, 0.15) is 5.01 Å². The summed E-state index contributed by atoms with van der Waals surface area (Å²) in [5, 5.41) is 4.76. The van der Waals surface area contributed by atoms with Gasteiger partial charge in [-0.05, 0) is 38.6 Å². The number of rotatable bonds is 1. The Hall–Kier alpha value is -0.410. The fourth-order valence-corrected chi connectivity index (χ4v) is 3.28. The summed E-state index contributed by atoms with van der Waals surface area (Å²) in [6.45, 7) is 1.18. The summed E-state index contributed by atoms with van der Waals surface area (Å²) in [6.07, 6.45) is 6.49. The van der Waals surface area contributed by atoms with Crippen LogP contribution < -0.4 is 5.32 Å². The lowest BCUT2D eigenvalue weighted by Crippen LogP contribution is -2.34. The molecule has 1 N–H and O–H groups in total. The van der Waals surface area contributed by atoms with Crippen molar-refractivity contribution in [2.24, 2.45) is 0 Å². The molecule has 13 heavy (non-hydrogen) atoms. The van der Waals surface area contributed by atoms with Crippen molar-refractivity contribution in [3.63, 3.8) is 0 Å². The van der Waals surface area contributed by atoms with E-state index in [9.17, 15) is 0 Å². The first kappa shape index (κ1) is 7.94. The van der Waals surface area contributed by atoms with E-state index in [2.05, 4.69) is 5.32 Å². The molecule has 0 radical (unpaired) electrons. The first-order valence-electron chi connectivity index (χ1n) is 5.15. The van der Waals surface area contributed by atoms with Gasteiger partial charge in [0.25, 0.3) is 0 Å². The third-order valence-corrected chi connectivity index (χ3v) is 4.26. The number of nitrogens with zero attached hydrogens (tertiary/aromatic N) is 1. The molecule has 1 aliphatic heterocycles. The summed E-state index contributed by atoms with van der Waals surface area (Å²) >= 11 is 1.95. The zero-order valence-corrected chi connectivity index (χ0v) is 8.49. The van der Waals surface area contributed by atoms with Crippen LogP contribution in [0, 0.1) is 0 Å². The van der Waals surface area contributed by atoms with Crippen LogP contribution >= 0.6 is 11.3 Å². The van der Waals surface area contributed by atoms with Gasteiger partial charge >= 0.3 is 0 Å². The zero-order valence-electron chi connectivity index (χ0n) is 7.68. The van der Waals surface area contributed by atoms with Crippen LogP contribution in [0.1, 0.15) is 40.9 Å². The standard InChI is InChI=1S/C10H14N2S/c1-2-4-9-7(3-1)12-10(13-9)8-5-6-11-8/h8,11H,1-6H2. The van der Waals surface area contributed by atoms with Crippen molar-refractivity contribution in [1.82, 2.24) is 10.3 Å². The number of thiazole rings is 1. The van der Waals surface area contributed by atoms with E-state index in [0.717, 1.165) is 0 Å². The predicted molar refractivity (Wildman–Crippen MR) is 54.1 cm³/mol. The minimum atomic E-state index is 0.593. The van der Waals surface area contributed by atoms with Crippen LogP contribution in [0.25, 0.3) is 0 Å². The molecule has 2 heterocycles. The number of fused-ring (bicyclic) bond motifs is 1. The van der Waals surface area contributed by atoms with Crippen LogP contribution in [-0.2, 0) is 12.8 Å². The predicted octanol–water partition coefficient (Wildman–Crippen LogP) is 2.06. The molecule has 70 valence electrons. The molecule has 0 aromatic carbocycles. The molecule has 1 aromatic rings. The van der Waals surface area contributed by atoms with Gasteiger partial charge in [-0.15, -0.1) is 11.3 Å². The van der Waals surface area contributed by atoms with E-state index >= 15 is 0 Å². The van der Waals surface area contributed by atoms with Gasteiger partial charge in [-0.1, -0.05) is 0 Å². The second-order valence-corrected chi connectivity index (χ2v) is 5.04. The van der Waals surface area contributed by atoms with Crippen LogP contribution in [0.3, 0.4) is 0 Å². The van der Waals surface area contributed by atoms with E-state index in [0.29, 0.717) is 6.04 Å². The molecule has 1 fully saturated rings. The fourth-order valence-electron chi connectivity index (χ4n) is 2.02. The molecular weight excluding hydrogens is 180 g/mol. The molecule has 1 unspecified atom stereocenters. The number of hydrogen-bond donors (Lipinski definition) is 1. The van der Waals surface area contributed by atoms with Crippen molar-refractivity contribution >= 4 is 11.3 Å². The Bertz CT molecular complexity index is 291. The number of nitrogens with one attached hydrogen (secondary N) is 1. The van der Waals surface area contributed by atoms with Crippen LogP contribution in [0.4, 0.5) is 0 Å². The summed E-state index contributed by atoms with van der Waals surface area (Å²) in [5.74, 6) is 0. The Balaban J connectivity index is 1.90. The molecule has 0 bridgehead atoms. The second kappa shape index (κ2) is 3.07. The van der Waals surface area contributed by atoms with Crippen molar-refractivity contribution in [2.75, 3.05) is 6.54 Å². The average Bonchev–Trinajstić information content (AvgIpc) is 2.43. The van der Waals surface area contributed by atoms with Crippen molar-refractivity contribution < 1.29 is 0 Å². The molecule has 3 rings (SSSR count). The van der Waals surface area contributed by atoms with Crippen molar-refractivity contribution in [3.8, 4) is 0 Å². The van der Waals surface area contributed by atoms with Gasteiger partial charge in [-0.25, -0.2) is 4.98 Å². The molecule has 1 aromatic heterocycles. The highest BCUT2D eigenvalue weighted by molar-refractivity contribution is 7.11. The normalized spacial score (nSPS) is 26.6. The Kier molecular flexibility index (Phi) is 1.87. The monoisotopic (exact) mass is 194 g/mol. The summed E-state index contributed by atoms with van der Waals surface area (Å²) in [7, 11) is 0. The third-order valence-electron chi connectivity index (χ3n) is 2.98. The lowest BCUT2D eigenvalue weighted by atomic mass is 10.0. The Labute approximate surface area is 82.4 Å². The maximum Gasteiger partial charge on any atom is 0.110 e. The van der Waals surface area contributed by atoms with Crippen LogP contribution in [-0.4, -0.2) is 11.5 Å². The minimum Gasteiger partial charge on any atom is -0.308 e. The largest absolute Gasteiger partial charge is 0.308 e. The Morgan fingerprint density at radius 1 is 1.31 bits per heavy atom. The van der Waals surface area contributed by atoms with Gasteiger partial charge < -0.3 is 5.32 Å². The third kappa shape index (κ3) is 1.30. The first-order chi connectivity index (χ1) is 6.43. The summed E-state index contributed by atoms with van der Waals surface area (Å²) in [5.41, 5.74) is 1.40. The molecule has 1 atom stereocenters. The molecular formula is C10H14N2S. The van der Waals surface area contributed by atoms with Crippen LogP contribution in [0.5, 0.6) is 0 Å². The minimum absolute atomic E-state index is 0.593. The molecule has 2 aliphatic rings. The average molecular weight is 194 g/mol. The maximum atomic E-state index is 4.73. The summed E-state index contributed by atoms with van der Waals surface area (Å²) in [6, 6.07) is 0.593. The number of aromatic nitrogens is 1. The maximum absolute atomic E-state index is 4.73. The zero-order chi connectivity index (χ0) is 8.67. The molecule has 0 amide bonds. The second-order valence-electron chi connectivity index (χ2n) is 3.92. The quantitative estimate of drug-likeness (QED) is 0.740. The highest BCUT2D eigenvalue weighted by Crippen LogP contribution is 2.32. The van der Waals surface area contributed by atoms with Crippen LogP contribution in [0.2, 0.25) is 0 Å². The SMILES string of the molecule is C1CCc2sc(C3CCN3)nc2C1. The van der Waals surface area contributed by atoms with E-state index in [4.69, 9.17) is 4.98 Å². The van der Waals surface area contributed by atoms with Gasteiger partial charge in [-0.2, -0.15) is 0 Å². The highest BCUT2D eigenvalue weighted by atomic mass is 32.1. The fraction of sp³-hybridized carbons (Fsp3) is 0.700. The summed E-state index contributed by atoms with van der Waals surface area (Å²) in [4.78, 5) is 6.29. The van der Waals surface area contributed by atoms with E-state index < -0.39 is 0 Å². The van der Waals surface area contributed by atoms with Gasteiger partial charge in [0.15, 0.2) is 0 Å². The lowest BCUT2D eigenvalue weighted by molar-refractivity contribution is 0.381. The van der Waals surface area contributed by atoms with Crippen LogP contribution in [0.15, 0.2) is 0 Å². The van der Waals surface area contributed by atoms with Gasteiger partial charge in [0.2, 0.25) is 0 Å². The first-order valence-corrected chi connectivity index (χ1v) is 5.97. The van der Waals surface area contributed by atoms with E-state index in [1.54, 1.807) is 4.88 Å².